The lowest BCUT2D eigenvalue weighted by Crippen LogP contribution is -2.10. The quantitative estimate of drug-likeness (QED) is 0.772. The Bertz CT molecular complexity index is 390. The summed E-state index contributed by atoms with van der Waals surface area (Å²) >= 11 is 1.60. The molecule has 2 rings (SSSR count). The highest BCUT2D eigenvalue weighted by Crippen LogP contribution is 2.50. The Morgan fingerprint density at radius 2 is 2.29 bits per heavy atom. The van der Waals surface area contributed by atoms with Crippen LogP contribution in [0.5, 0.6) is 0 Å². The van der Waals surface area contributed by atoms with E-state index in [2.05, 4.69) is 20.8 Å². The van der Waals surface area contributed by atoms with Gasteiger partial charge in [0, 0.05) is 10.3 Å². The van der Waals surface area contributed by atoms with Gasteiger partial charge in [-0.1, -0.05) is 20.8 Å². The topological polar surface area (TPSA) is 37.3 Å². The summed E-state index contributed by atoms with van der Waals surface area (Å²) < 4.78 is 0. The van der Waals surface area contributed by atoms with E-state index in [4.69, 9.17) is 5.11 Å². The van der Waals surface area contributed by atoms with Crippen molar-refractivity contribution in [2.75, 3.05) is 0 Å². The summed E-state index contributed by atoms with van der Waals surface area (Å²) in [6.07, 6.45) is 1.06. The summed E-state index contributed by atoms with van der Waals surface area (Å²) in [6, 6.07) is 0. The molecule has 1 heterocycles. The van der Waals surface area contributed by atoms with E-state index < -0.39 is 5.97 Å². The molecule has 3 heteroatoms. The van der Waals surface area contributed by atoms with Crippen LogP contribution in [0.2, 0.25) is 0 Å². The Balaban J connectivity index is 2.60. The third-order valence-electron chi connectivity index (χ3n) is 2.98. The molecule has 0 saturated carbocycles. The first-order valence-corrected chi connectivity index (χ1v) is 5.66. The van der Waals surface area contributed by atoms with Crippen LogP contribution in [0.1, 0.15) is 53.9 Å². The minimum Gasteiger partial charge on any atom is -0.478 e. The zero-order chi connectivity index (χ0) is 10.5. The monoisotopic (exact) mass is 210 g/mol. The maximum absolute atomic E-state index is 11.0. The first-order valence-electron chi connectivity index (χ1n) is 4.78. The number of carboxylic acid groups (broad SMARTS) is 1. The zero-order valence-electron chi connectivity index (χ0n) is 8.63. The molecule has 1 N–H and O–H groups in total. The molecule has 1 aliphatic rings. The van der Waals surface area contributed by atoms with Crippen LogP contribution in [0.4, 0.5) is 0 Å². The van der Waals surface area contributed by atoms with Crippen LogP contribution in [0, 0.1) is 0 Å². The summed E-state index contributed by atoms with van der Waals surface area (Å²) in [6.45, 7) is 6.50. The van der Waals surface area contributed by atoms with Crippen LogP contribution in [-0.2, 0) is 5.41 Å². The van der Waals surface area contributed by atoms with E-state index in [0.717, 1.165) is 12.0 Å². The molecule has 1 aromatic heterocycles. The molecule has 0 bridgehead atoms. The van der Waals surface area contributed by atoms with E-state index in [0.29, 0.717) is 11.5 Å². The highest BCUT2D eigenvalue weighted by Gasteiger charge is 2.39. The van der Waals surface area contributed by atoms with Gasteiger partial charge in [-0.15, -0.1) is 11.3 Å². The second-order valence-electron chi connectivity index (χ2n) is 4.69. The average Bonchev–Trinajstić information content (AvgIpc) is 2.53. The predicted molar refractivity (Wildman–Crippen MR) is 57.3 cm³/mol. The summed E-state index contributed by atoms with van der Waals surface area (Å²) in [7, 11) is 0. The van der Waals surface area contributed by atoms with Gasteiger partial charge in [0.15, 0.2) is 0 Å². The standard InChI is InChI=1S/C11H14O2S/c1-6-4-11(2,3)9-8(6)7(5-14-9)10(12)13/h5-6H,4H2,1-3H3,(H,12,13). The molecule has 0 fully saturated rings. The maximum atomic E-state index is 11.0. The lowest BCUT2D eigenvalue weighted by molar-refractivity contribution is 0.0696. The van der Waals surface area contributed by atoms with E-state index in [1.54, 1.807) is 16.7 Å². The number of thiophene rings is 1. The Hall–Kier alpha value is -0.830. The van der Waals surface area contributed by atoms with Crippen molar-refractivity contribution in [2.24, 2.45) is 0 Å². The fraction of sp³-hybridized carbons (Fsp3) is 0.545. The van der Waals surface area contributed by atoms with Crippen molar-refractivity contribution in [3.05, 3.63) is 21.4 Å². The molecule has 0 radical (unpaired) electrons. The summed E-state index contributed by atoms with van der Waals surface area (Å²) in [5, 5.41) is 10.8. The van der Waals surface area contributed by atoms with Crippen LogP contribution in [0.3, 0.4) is 0 Å². The van der Waals surface area contributed by atoms with Crippen LogP contribution in [0.25, 0.3) is 0 Å². The predicted octanol–water partition coefficient (Wildman–Crippen LogP) is 3.23. The van der Waals surface area contributed by atoms with E-state index in [1.807, 2.05) is 0 Å². The Labute approximate surface area is 87.6 Å². The first-order chi connectivity index (χ1) is 6.43. The van der Waals surface area contributed by atoms with Crippen LogP contribution < -0.4 is 0 Å². The SMILES string of the molecule is CC1CC(C)(C)c2scc(C(=O)O)c21. The Kier molecular flexibility index (Phi) is 1.96. The van der Waals surface area contributed by atoms with Gasteiger partial charge < -0.3 is 5.11 Å². The molecule has 0 spiro atoms. The molecule has 76 valence electrons. The van der Waals surface area contributed by atoms with Gasteiger partial charge in [0.25, 0.3) is 0 Å². The van der Waals surface area contributed by atoms with Gasteiger partial charge in [0.2, 0.25) is 0 Å². The smallest absolute Gasteiger partial charge is 0.336 e. The highest BCUT2D eigenvalue weighted by molar-refractivity contribution is 7.10. The average molecular weight is 210 g/mol. The number of carboxylic acids is 1. The van der Waals surface area contributed by atoms with Crippen molar-refractivity contribution in [3.63, 3.8) is 0 Å². The molecule has 0 aliphatic heterocycles. The fourth-order valence-corrected chi connectivity index (χ4v) is 3.81. The molecule has 14 heavy (non-hydrogen) atoms. The van der Waals surface area contributed by atoms with Gasteiger partial charge in [0.05, 0.1) is 5.56 Å². The van der Waals surface area contributed by atoms with E-state index in [9.17, 15) is 4.79 Å². The van der Waals surface area contributed by atoms with Gasteiger partial charge in [-0.3, -0.25) is 0 Å². The van der Waals surface area contributed by atoms with Gasteiger partial charge in [0.1, 0.15) is 0 Å². The molecule has 0 saturated heterocycles. The van der Waals surface area contributed by atoms with Gasteiger partial charge >= 0.3 is 5.97 Å². The minimum atomic E-state index is -0.785. The lowest BCUT2D eigenvalue weighted by atomic mass is 9.91. The lowest BCUT2D eigenvalue weighted by Gasteiger charge is -2.16. The number of hydrogen-bond acceptors (Lipinski definition) is 2. The van der Waals surface area contributed by atoms with Crippen LogP contribution in [-0.4, -0.2) is 11.1 Å². The summed E-state index contributed by atoms with van der Waals surface area (Å²) in [5.74, 6) is -0.399. The first kappa shape index (κ1) is 9.71. The van der Waals surface area contributed by atoms with Crippen molar-refractivity contribution in [2.45, 2.75) is 38.5 Å². The third-order valence-corrected chi connectivity index (χ3v) is 4.35. The Morgan fingerprint density at radius 1 is 1.64 bits per heavy atom. The van der Waals surface area contributed by atoms with Crippen LogP contribution in [0.15, 0.2) is 5.38 Å². The number of hydrogen-bond donors (Lipinski definition) is 1. The molecule has 0 amide bonds. The normalized spacial score (nSPS) is 23.5. The van der Waals surface area contributed by atoms with Crippen molar-refractivity contribution < 1.29 is 9.90 Å². The van der Waals surface area contributed by atoms with Crippen LogP contribution >= 0.6 is 11.3 Å². The number of rotatable bonds is 1. The van der Waals surface area contributed by atoms with Crippen molar-refractivity contribution in [1.29, 1.82) is 0 Å². The molecule has 1 unspecified atom stereocenters. The van der Waals surface area contributed by atoms with E-state index >= 15 is 0 Å². The summed E-state index contributed by atoms with van der Waals surface area (Å²) in [5.41, 5.74) is 1.75. The van der Waals surface area contributed by atoms with Crippen molar-refractivity contribution in [1.82, 2.24) is 0 Å². The second kappa shape index (κ2) is 2.83. The number of aromatic carboxylic acids is 1. The third kappa shape index (κ3) is 1.19. The maximum Gasteiger partial charge on any atom is 0.336 e. The zero-order valence-corrected chi connectivity index (χ0v) is 9.44. The van der Waals surface area contributed by atoms with Gasteiger partial charge in [-0.2, -0.15) is 0 Å². The van der Waals surface area contributed by atoms with Crippen molar-refractivity contribution >= 4 is 17.3 Å². The second-order valence-corrected chi connectivity index (χ2v) is 5.57. The van der Waals surface area contributed by atoms with Gasteiger partial charge in [-0.05, 0) is 23.3 Å². The Morgan fingerprint density at radius 3 is 2.86 bits per heavy atom. The summed E-state index contributed by atoms with van der Waals surface area (Å²) in [4.78, 5) is 12.3. The fourth-order valence-electron chi connectivity index (χ4n) is 2.51. The van der Waals surface area contributed by atoms with E-state index in [-0.39, 0.29) is 5.41 Å². The highest BCUT2D eigenvalue weighted by atomic mass is 32.1. The molecule has 2 nitrogen and oxygen atoms in total. The largest absolute Gasteiger partial charge is 0.478 e. The van der Waals surface area contributed by atoms with Crippen molar-refractivity contribution in [3.8, 4) is 0 Å². The molecular formula is C11H14O2S. The minimum absolute atomic E-state index is 0.160. The molecule has 1 aromatic rings. The number of fused-ring (bicyclic) bond motifs is 1. The molecular weight excluding hydrogens is 196 g/mol. The molecule has 1 aliphatic carbocycles. The molecule has 0 aromatic carbocycles. The van der Waals surface area contributed by atoms with E-state index in [1.165, 1.54) is 4.88 Å². The number of carbonyl (C=O) groups is 1. The molecule has 1 atom stereocenters. The van der Waals surface area contributed by atoms with Gasteiger partial charge in [-0.25, -0.2) is 4.79 Å².